The summed E-state index contributed by atoms with van der Waals surface area (Å²) in [7, 11) is 0. The number of carbonyl (C=O) groups is 1. The topological polar surface area (TPSA) is 50.1 Å². The summed E-state index contributed by atoms with van der Waals surface area (Å²) in [5.74, 6) is 1.75. The number of fused-ring (bicyclic) bond motifs is 1. The van der Waals surface area contributed by atoms with Gasteiger partial charge in [0, 0.05) is 49.1 Å². The van der Waals surface area contributed by atoms with E-state index in [1.54, 1.807) is 0 Å². The van der Waals surface area contributed by atoms with Gasteiger partial charge in [0.1, 0.15) is 0 Å². The SMILES string of the molecule is CC(C)CCN(CCC(C)C)C(=O)c1ccn2nc(-c3ccc(C(C)C)cc3)c(CCCN3CCOCC3)c2c1. The largest absolute Gasteiger partial charge is 0.379 e. The van der Waals surface area contributed by atoms with Crippen molar-refractivity contribution in [3.05, 3.63) is 59.3 Å². The van der Waals surface area contributed by atoms with E-state index in [1.807, 2.05) is 16.8 Å². The predicted octanol–water partition coefficient (Wildman–Crippen LogP) is 6.92. The maximum atomic E-state index is 13.8. The van der Waals surface area contributed by atoms with Crippen LogP contribution in [-0.2, 0) is 11.2 Å². The van der Waals surface area contributed by atoms with E-state index in [2.05, 4.69) is 81.7 Å². The van der Waals surface area contributed by atoms with E-state index >= 15 is 0 Å². The molecule has 0 spiro atoms. The zero-order chi connectivity index (χ0) is 28.6. The quantitative estimate of drug-likeness (QED) is 0.233. The molecule has 4 rings (SSSR count). The lowest BCUT2D eigenvalue weighted by Crippen LogP contribution is -2.36. The first-order valence-electron chi connectivity index (χ1n) is 15.4. The summed E-state index contributed by atoms with van der Waals surface area (Å²) in [6, 6.07) is 12.9. The molecule has 6 nitrogen and oxygen atoms in total. The molecule has 3 aromatic rings. The van der Waals surface area contributed by atoms with Gasteiger partial charge in [-0.2, -0.15) is 5.10 Å². The summed E-state index contributed by atoms with van der Waals surface area (Å²) in [5.41, 5.74) is 6.53. The molecule has 1 aliphatic rings. The molecule has 0 unspecified atom stereocenters. The molecule has 1 amide bonds. The van der Waals surface area contributed by atoms with E-state index in [4.69, 9.17) is 9.84 Å². The van der Waals surface area contributed by atoms with Gasteiger partial charge >= 0.3 is 0 Å². The molecule has 0 saturated carbocycles. The van der Waals surface area contributed by atoms with Crippen LogP contribution in [0.4, 0.5) is 0 Å². The van der Waals surface area contributed by atoms with E-state index in [1.165, 1.54) is 11.1 Å². The fourth-order valence-electron chi connectivity index (χ4n) is 5.36. The maximum Gasteiger partial charge on any atom is 0.253 e. The smallest absolute Gasteiger partial charge is 0.253 e. The molecule has 0 aliphatic carbocycles. The predicted molar refractivity (Wildman–Crippen MR) is 165 cm³/mol. The molecule has 0 radical (unpaired) electrons. The van der Waals surface area contributed by atoms with Crippen molar-refractivity contribution < 1.29 is 9.53 Å². The lowest BCUT2D eigenvalue weighted by Gasteiger charge is -2.26. The number of pyridine rings is 1. The summed E-state index contributed by atoms with van der Waals surface area (Å²) in [6.07, 6.45) is 5.98. The number of nitrogens with zero attached hydrogens (tertiary/aromatic N) is 4. The third-order valence-corrected chi connectivity index (χ3v) is 8.08. The second-order valence-electron chi connectivity index (χ2n) is 12.6. The number of rotatable bonds is 13. The Morgan fingerprint density at radius 2 is 1.60 bits per heavy atom. The first-order chi connectivity index (χ1) is 19.2. The van der Waals surface area contributed by atoms with Crippen molar-refractivity contribution in [2.24, 2.45) is 11.8 Å². The molecule has 3 heterocycles. The summed E-state index contributed by atoms with van der Waals surface area (Å²) in [4.78, 5) is 18.4. The molecular weight excluding hydrogens is 496 g/mol. The minimum atomic E-state index is 0.132. The Labute approximate surface area is 241 Å². The zero-order valence-electron chi connectivity index (χ0n) is 25.7. The van der Waals surface area contributed by atoms with E-state index < -0.39 is 0 Å². The van der Waals surface area contributed by atoms with Crippen molar-refractivity contribution in [3.63, 3.8) is 0 Å². The lowest BCUT2D eigenvalue weighted by molar-refractivity contribution is 0.0375. The summed E-state index contributed by atoms with van der Waals surface area (Å²) in [5, 5.41) is 5.05. The molecule has 1 aromatic carbocycles. The molecule has 2 aromatic heterocycles. The minimum Gasteiger partial charge on any atom is -0.379 e. The van der Waals surface area contributed by atoms with E-state index in [0.29, 0.717) is 17.8 Å². The van der Waals surface area contributed by atoms with Gasteiger partial charge in [0.15, 0.2) is 0 Å². The first kappa shape index (κ1) is 30.3. The highest BCUT2D eigenvalue weighted by Crippen LogP contribution is 2.30. The van der Waals surface area contributed by atoms with Crippen LogP contribution in [0, 0.1) is 11.8 Å². The van der Waals surface area contributed by atoms with Gasteiger partial charge in [-0.1, -0.05) is 65.8 Å². The molecule has 0 atom stereocenters. The Morgan fingerprint density at radius 3 is 2.20 bits per heavy atom. The Balaban J connectivity index is 1.65. The Kier molecular flexibility index (Phi) is 10.8. The average Bonchev–Trinajstić information content (AvgIpc) is 3.31. The number of benzene rings is 1. The van der Waals surface area contributed by atoms with Crippen LogP contribution < -0.4 is 0 Å². The van der Waals surface area contributed by atoms with E-state index in [-0.39, 0.29) is 5.91 Å². The fourth-order valence-corrected chi connectivity index (χ4v) is 5.36. The fraction of sp³-hybridized carbons (Fsp3) is 0.588. The summed E-state index contributed by atoms with van der Waals surface area (Å²) in [6.45, 7) is 19.6. The molecule has 1 saturated heterocycles. The molecule has 1 fully saturated rings. The second-order valence-corrected chi connectivity index (χ2v) is 12.6. The summed E-state index contributed by atoms with van der Waals surface area (Å²) < 4.78 is 7.51. The molecule has 1 aliphatic heterocycles. The van der Waals surface area contributed by atoms with Gasteiger partial charge < -0.3 is 9.64 Å². The number of hydrogen-bond acceptors (Lipinski definition) is 4. The third-order valence-electron chi connectivity index (χ3n) is 8.08. The van der Waals surface area contributed by atoms with Crippen LogP contribution in [0.5, 0.6) is 0 Å². The minimum absolute atomic E-state index is 0.132. The van der Waals surface area contributed by atoms with Crippen LogP contribution in [0.1, 0.15) is 88.2 Å². The van der Waals surface area contributed by atoms with E-state index in [9.17, 15) is 4.79 Å². The molecule has 40 heavy (non-hydrogen) atoms. The van der Waals surface area contributed by atoms with E-state index in [0.717, 1.165) is 94.0 Å². The highest BCUT2D eigenvalue weighted by molar-refractivity contribution is 5.95. The third kappa shape index (κ3) is 7.94. The molecule has 218 valence electrons. The van der Waals surface area contributed by atoms with Gasteiger partial charge in [-0.05, 0) is 67.7 Å². The van der Waals surface area contributed by atoms with Crippen molar-refractivity contribution in [2.75, 3.05) is 45.9 Å². The van der Waals surface area contributed by atoms with Gasteiger partial charge in [-0.25, -0.2) is 4.52 Å². The standard InChI is InChI=1S/C34H50N4O2/c1-25(2)13-17-37(18-14-26(3)4)34(39)30-15-19-38-32(24-30)31(8-7-16-36-20-22-40-23-21-36)33(35-38)29-11-9-28(10-12-29)27(5)6/h9-12,15,19,24-27H,7-8,13-14,16-18,20-23H2,1-6H3. The Bertz CT molecular complexity index is 1210. The molecular formula is C34H50N4O2. The van der Waals surface area contributed by atoms with Crippen molar-refractivity contribution in [1.29, 1.82) is 0 Å². The molecule has 6 heteroatoms. The van der Waals surface area contributed by atoms with Crippen LogP contribution in [0.2, 0.25) is 0 Å². The van der Waals surface area contributed by atoms with Gasteiger partial charge in [-0.15, -0.1) is 0 Å². The number of amides is 1. The van der Waals surface area contributed by atoms with Gasteiger partial charge in [0.2, 0.25) is 0 Å². The first-order valence-corrected chi connectivity index (χ1v) is 15.4. The number of ether oxygens (including phenoxy) is 1. The number of aromatic nitrogens is 2. The van der Waals surface area contributed by atoms with Crippen molar-refractivity contribution in [1.82, 2.24) is 19.4 Å². The lowest BCUT2D eigenvalue weighted by atomic mass is 9.98. The monoisotopic (exact) mass is 546 g/mol. The van der Waals surface area contributed by atoms with Gasteiger partial charge in [-0.3, -0.25) is 9.69 Å². The van der Waals surface area contributed by atoms with Crippen molar-refractivity contribution >= 4 is 11.4 Å². The number of carbonyl (C=O) groups excluding carboxylic acids is 1. The van der Waals surface area contributed by atoms with Crippen LogP contribution in [0.15, 0.2) is 42.6 Å². The number of hydrogen-bond donors (Lipinski definition) is 0. The number of aryl methyl sites for hydroxylation is 1. The van der Waals surface area contributed by atoms with Crippen LogP contribution in [-0.4, -0.2) is 71.3 Å². The van der Waals surface area contributed by atoms with Gasteiger partial charge in [0.25, 0.3) is 5.91 Å². The van der Waals surface area contributed by atoms with Crippen LogP contribution in [0.25, 0.3) is 16.8 Å². The van der Waals surface area contributed by atoms with Crippen molar-refractivity contribution in [2.45, 2.75) is 73.1 Å². The van der Waals surface area contributed by atoms with Crippen LogP contribution >= 0.6 is 0 Å². The average molecular weight is 547 g/mol. The van der Waals surface area contributed by atoms with Gasteiger partial charge in [0.05, 0.1) is 24.4 Å². The highest BCUT2D eigenvalue weighted by atomic mass is 16.5. The maximum absolute atomic E-state index is 13.8. The zero-order valence-corrected chi connectivity index (χ0v) is 25.7. The Morgan fingerprint density at radius 1 is 0.950 bits per heavy atom. The second kappa shape index (κ2) is 14.3. The number of morpholine rings is 1. The van der Waals surface area contributed by atoms with Crippen molar-refractivity contribution in [3.8, 4) is 11.3 Å². The Hall–Kier alpha value is -2.70. The summed E-state index contributed by atoms with van der Waals surface area (Å²) >= 11 is 0. The molecule has 0 bridgehead atoms. The normalized spacial score (nSPS) is 14.6. The van der Waals surface area contributed by atoms with Crippen LogP contribution in [0.3, 0.4) is 0 Å². The molecule has 0 N–H and O–H groups in total. The highest BCUT2D eigenvalue weighted by Gasteiger charge is 2.21.